The third-order valence-corrected chi connectivity index (χ3v) is 2.27. The molecule has 0 heterocycles. The normalized spacial score (nSPS) is 10.4. The highest BCUT2D eigenvalue weighted by molar-refractivity contribution is 6.60. The molecular formula is C11H16BNO3. The highest BCUT2D eigenvalue weighted by atomic mass is 16.4. The number of carbonyl (C=O) groups is 1. The second-order valence-electron chi connectivity index (χ2n) is 4.11. The molecule has 0 radical (unpaired) electrons. The number of amides is 1. The minimum atomic E-state index is -1.58. The molecule has 0 saturated carbocycles. The summed E-state index contributed by atoms with van der Waals surface area (Å²) in [5.41, 5.74) is 1.67. The summed E-state index contributed by atoms with van der Waals surface area (Å²) in [4.78, 5) is 11.5. The summed E-state index contributed by atoms with van der Waals surface area (Å²) in [6.07, 6.45) is 0. The predicted molar refractivity (Wildman–Crippen MR) is 64.5 cm³/mol. The summed E-state index contributed by atoms with van der Waals surface area (Å²) >= 11 is 0. The van der Waals surface area contributed by atoms with Crippen LogP contribution in [0, 0.1) is 12.8 Å². The quantitative estimate of drug-likeness (QED) is 0.641. The Hall–Kier alpha value is -1.33. The van der Waals surface area contributed by atoms with Crippen LogP contribution in [0.25, 0.3) is 0 Å². The Morgan fingerprint density at radius 1 is 1.38 bits per heavy atom. The Kier molecular flexibility index (Phi) is 4.09. The summed E-state index contributed by atoms with van der Waals surface area (Å²) < 4.78 is 0. The molecule has 0 aromatic heterocycles. The minimum Gasteiger partial charge on any atom is -0.423 e. The van der Waals surface area contributed by atoms with E-state index in [4.69, 9.17) is 0 Å². The Morgan fingerprint density at radius 3 is 2.50 bits per heavy atom. The SMILES string of the molecule is Cc1ccc(NC(=O)C(C)C)c(B(O)O)c1. The van der Waals surface area contributed by atoms with Gasteiger partial charge in [0.2, 0.25) is 5.91 Å². The summed E-state index contributed by atoms with van der Waals surface area (Å²) in [6, 6.07) is 5.12. The van der Waals surface area contributed by atoms with Crippen molar-refractivity contribution in [3.8, 4) is 0 Å². The van der Waals surface area contributed by atoms with Crippen LogP contribution in [-0.2, 0) is 4.79 Å². The van der Waals surface area contributed by atoms with Crippen molar-refractivity contribution in [1.29, 1.82) is 0 Å². The molecule has 1 amide bonds. The van der Waals surface area contributed by atoms with Gasteiger partial charge < -0.3 is 15.4 Å². The summed E-state index contributed by atoms with van der Waals surface area (Å²) in [6.45, 7) is 5.40. The van der Waals surface area contributed by atoms with E-state index in [0.29, 0.717) is 11.2 Å². The number of carbonyl (C=O) groups excluding carboxylic acids is 1. The van der Waals surface area contributed by atoms with E-state index in [1.807, 2.05) is 13.0 Å². The Labute approximate surface area is 95.4 Å². The zero-order valence-electron chi connectivity index (χ0n) is 9.69. The molecule has 3 N–H and O–H groups in total. The third-order valence-electron chi connectivity index (χ3n) is 2.27. The predicted octanol–water partition coefficient (Wildman–Crippen LogP) is 0.269. The number of anilines is 1. The lowest BCUT2D eigenvalue weighted by Crippen LogP contribution is -2.34. The second kappa shape index (κ2) is 5.14. The fourth-order valence-corrected chi connectivity index (χ4v) is 1.29. The van der Waals surface area contributed by atoms with Crippen LogP contribution in [0.5, 0.6) is 0 Å². The molecule has 0 saturated heterocycles. The lowest BCUT2D eigenvalue weighted by atomic mass is 9.78. The first kappa shape index (κ1) is 12.7. The topological polar surface area (TPSA) is 69.6 Å². The molecule has 0 aliphatic carbocycles. The van der Waals surface area contributed by atoms with Gasteiger partial charge in [0.05, 0.1) is 0 Å². The molecule has 1 aromatic rings. The van der Waals surface area contributed by atoms with Crippen LogP contribution in [0.3, 0.4) is 0 Å². The molecule has 0 fully saturated rings. The number of hydrogen-bond acceptors (Lipinski definition) is 3. The molecule has 86 valence electrons. The van der Waals surface area contributed by atoms with Gasteiger partial charge in [0.25, 0.3) is 0 Å². The van der Waals surface area contributed by atoms with Gasteiger partial charge >= 0.3 is 7.12 Å². The number of rotatable bonds is 3. The van der Waals surface area contributed by atoms with Crippen LogP contribution in [0.2, 0.25) is 0 Å². The van der Waals surface area contributed by atoms with Crippen molar-refractivity contribution in [2.45, 2.75) is 20.8 Å². The lowest BCUT2D eigenvalue weighted by molar-refractivity contribution is -0.118. The van der Waals surface area contributed by atoms with E-state index in [2.05, 4.69) is 5.32 Å². The molecule has 0 aliphatic rings. The minimum absolute atomic E-state index is 0.147. The summed E-state index contributed by atoms with van der Waals surface area (Å²) in [7, 11) is -1.58. The molecule has 0 aliphatic heterocycles. The highest BCUT2D eigenvalue weighted by Crippen LogP contribution is 2.09. The van der Waals surface area contributed by atoms with Crippen LogP contribution >= 0.6 is 0 Å². The summed E-state index contributed by atoms with van der Waals surface area (Å²) in [5.74, 6) is -0.296. The first-order chi connectivity index (χ1) is 7.41. The first-order valence-corrected chi connectivity index (χ1v) is 5.19. The maximum Gasteiger partial charge on any atom is 0.490 e. The van der Waals surface area contributed by atoms with Gasteiger partial charge in [-0.3, -0.25) is 4.79 Å². The van der Waals surface area contributed by atoms with E-state index < -0.39 is 7.12 Å². The zero-order valence-corrected chi connectivity index (χ0v) is 9.69. The molecule has 5 heteroatoms. The van der Waals surface area contributed by atoms with Gasteiger partial charge in [0.1, 0.15) is 0 Å². The van der Waals surface area contributed by atoms with Crippen LogP contribution in [0.15, 0.2) is 18.2 Å². The van der Waals surface area contributed by atoms with E-state index >= 15 is 0 Å². The fourth-order valence-electron chi connectivity index (χ4n) is 1.29. The van der Waals surface area contributed by atoms with Gasteiger partial charge in [-0.15, -0.1) is 0 Å². The fraction of sp³-hybridized carbons (Fsp3) is 0.364. The first-order valence-electron chi connectivity index (χ1n) is 5.19. The number of hydrogen-bond donors (Lipinski definition) is 3. The molecule has 0 spiro atoms. The van der Waals surface area contributed by atoms with Crippen molar-refractivity contribution in [1.82, 2.24) is 0 Å². The van der Waals surface area contributed by atoms with Gasteiger partial charge in [0.15, 0.2) is 0 Å². The van der Waals surface area contributed by atoms with Gasteiger partial charge in [-0.05, 0) is 13.0 Å². The number of benzene rings is 1. The molecule has 0 bridgehead atoms. The van der Waals surface area contributed by atoms with Crippen molar-refractivity contribution in [2.75, 3.05) is 5.32 Å². The van der Waals surface area contributed by atoms with Crippen molar-refractivity contribution in [3.05, 3.63) is 23.8 Å². The molecule has 1 rings (SSSR count). The standard InChI is InChI=1S/C11H16BNO3/c1-7(2)11(14)13-10-5-4-8(3)6-9(10)12(15)16/h4-7,15-16H,1-3H3,(H,13,14). The average Bonchev–Trinajstić information content (AvgIpc) is 2.20. The third kappa shape index (κ3) is 3.08. The maximum atomic E-state index is 11.5. The number of nitrogens with one attached hydrogen (secondary N) is 1. The van der Waals surface area contributed by atoms with E-state index in [1.165, 1.54) is 0 Å². The van der Waals surface area contributed by atoms with Crippen LogP contribution in [0.4, 0.5) is 5.69 Å². The zero-order chi connectivity index (χ0) is 12.3. The summed E-state index contributed by atoms with van der Waals surface area (Å²) in [5, 5.41) is 21.0. The van der Waals surface area contributed by atoms with Crippen molar-refractivity contribution >= 4 is 24.2 Å². The Balaban J connectivity index is 2.99. The van der Waals surface area contributed by atoms with Crippen LogP contribution in [-0.4, -0.2) is 23.1 Å². The smallest absolute Gasteiger partial charge is 0.423 e. The molecule has 16 heavy (non-hydrogen) atoms. The van der Waals surface area contributed by atoms with Gasteiger partial charge in [-0.25, -0.2) is 0 Å². The highest BCUT2D eigenvalue weighted by Gasteiger charge is 2.18. The van der Waals surface area contributed by atoms with Gasteiger partial charge in [-0.2, -0.15) is 0 Å². The van der Waals surface area contributed by atoms with E-state index in [1.54, 1.807) is 26.0 Å². The molecule has 0 atom stereocenters. The molecule has 4 nitrogen and oxygen atoms in total. The molecule has 1 aromatic carbocycles. The van der Waals surface area contributed by atoms with Gasteiger partial charge in [-0.1, -0.05) is 31.5 Å². The van der Waals surface area contributed by atoms with Crippen LogP contribution < -0.4 is 10.8 Å². The van der Waals surface area contributed by atoms with E-state index in [9.17, 15) is 14.8 Å². The van der Waals surface area contributed by atoms with Crippen molar-refractivity contribution in [3.63, 3.8) is 0 Å². The Morgan fingerprint density at radius 2 is 2.00 bits per heavy atom. The van der Waals surface area contributed by atoms with Crippen molar-refractivity contribution < 1.29 is 14.8 Å². The number of aryl methyl sites for hydroxylation is 1. The molecular weight excluding hydrogens is 205 g/mol. The van der Waals surface area contributed by atoms with E-state index in [0.717, 1.165) is 5.56 Å². The average molecular weight is 221 g/mol. The maximum absolute atomic E-state index is 11.5. The van der Waals surface area contributed by atoms with Crippen LogP contribution in [0.1, 0.15) is 19.4 Å². The largest absolute Gasteiger partial charge is 0.490 e. The monoisotopic (exact) mass is 221 g/mol. The molecule has 0 unspecified atom stereocenters. The Bertz CT molecular complexity index is 391. The van der Waals surface area contributed by atoms with Crippen molar-refractivity contribution in [2.24, 2.45) is 5.92 Å². The second-order valence-corrected chi connectivity index (χ2v) is 4.11. The lowest BCUT2D eigenvalue weighted by Gasteiger charge is -2.12. The van der Waals surface area contributed by atoms with E-state index in [-0.39, 0.29) is 11.8 Å². The van der Waals surface area contributed by atoms with Gasteiger partial charge in [0, 0.05) is 17.1 Å².